The molecule has 0 heterocycles. The van der Waals surface area contributed by atoms with Crippen molar-refractivity contribution in [1.82, 2.24) is 0 Å². The van der Waals surface area contributed by atoms with Gasteiger partial charge in [0.2, 0.25) is 5.91 Å². The molecule has 0 saturated heterocycles. The van der Waals surface area contributed by atoms with Crippen LogP contribution in [0.1, 0.15) is 13.3 Å². The van der Waals surface area contributed by atoms with Crippen molar-refractivity contribution in [2.45, 2.75) is 13.3 Å². The molecule has 2 rings (SSSR count). The Kier molecular flexibility index (Phi) is 3.13. The number of nitrogens with zero attached hydrogens (tertiary/aromatic N) is 1. The van der Waals surface area contributed by atoms with Crippen LogP contribution in [0.25, 0.3) is 0 Å². The molecule has 0 aromatic heterocycles. The summed E-state index contributed by atoms with van der Waals surface area (Å²) in [4.78, 5) is 24.5. The average molecular weight is 233 g/mol. The Hall–Kier alpha value is -1.84. The quantitative estimate of drug-likeness (QED) is 0.862. The molecule has 1 fully saturated rings. The molecule has 0 radical (unpaired) electrons. The van der Waals surface area contributed by atoms with Crippen molar-refractivity contribution in [3.8, 4) is 0 Å². The van der Waals surface area contributed by atoms with E-state index < -0.39 is 11.9 Å². The highest BCUT2D eigenvalue weighted by molar-refractivity contribution is 6.00. The van der Waals surface area contributed by atoms with Crippen LogP contribution in [-0.4, -0.2) is 23.5 Å². The maximum Gasteiger partial charge on any atom is 0.307 e. The van der Waals surface area contributed by atoms with Gasteiger partial charge in [-0.1, -0.05) is 18.2 Å². The molecule has 17 heavy (non-hydrogen) atoms. The predicted molar refractivity (Wildman–Crippen MR) is 63.7 cm³/mol. The normalized spacial score (nSPS) is 21.9. The number of hydrogen-bond acceptors (Lipinski definition) is 2. The van der Waals surface area contributed by atoms with Gasteiger partial charge in [0.1, 0.15) is 0 Å². The molecule has 0 bridgehead atoms. The number of para-hydroxylation sites is 1. The van der Waals surface area contributed by atoms with Crippen LogP contribution in [0.4, 0.5) is 5.69 Å². The van der Waals surface area contributed by atoms with Crippen LogP contribution in [0, 0.1) is 11.8 Å². The van der Waals surface area contributed by atoms with Gasteiger partial charge in [0.15, 0.2) is 0 Å². The topological polar surface area (TPSA) is 57.6 Å². The molecule has 0 aliphatic heterocycles. The molecule has 1 aromatic carbocycles. The molecule has 0 spiro atoms. The maximum atomic E-state index is 12.1. The summed E-state index contributed by atoms with van der Waals surface area (Å²) in [5.74, 6) is -1.77. The molecule has 1 amide bonds. The van der Waals surface area contributed by atoms with E-state index in [1.54, 1.807) is 4.90 Å². The van der Waals surface area contributed by atoms with Gasteiger partial charge in [-0.05, 0) is 25.5 Å². The summed E-state index contributed by atoms with van der Waals surface area (Å²) in [6.07, 6.45) is 0.470. The molecule has 1 aromatic rings. The molecule has 1 saturated carbocycles. The zero-order valence-corrected chi connectivity index (χ0v) is 9.67. The van der Waals surface area contributed by atoms with Crippen LogP contribution in [0.3, 0.4) is 0 Å². The number of carboxylic acids is 1. The second-order valence-electron chi connectivity index (χ2n) is 4.20. The smallest absolute Gasteiger partial charge is 0.307 e. The lowest BCUT2D eigenvalue weighted by Gasteiger charge is -2.20. The molecule has 0 unspecified atom stereocenters. The fraction of sp³-hybridized carbons (Fsp3) is 0.385. The number of aliphatic carboxylic acids is 1. The minimum atomic E-state index is -0.868. The standard InChI is InChI=1S/C13H15NO3/c1-2-14(9-6-4-3-5-7-9)12(15)10-8-11(10)13(16)17/h3-7,10-11H,2,8H2,1H3,(H,16,17)/t10-,11+/m0/s1. The molecule has 2 atom stereocenters. The van der Waals surface area contributed by atoms with Crippen molar-refractivity contribution < 1.29 is 14.7 Å². The number of carboxylic acid groups (broad SMARTS) is 1. The van der Waals surface area contributed by atoms with Gasteiger partial charge in [-0.3, -0.25) is 9.59 Å². The molecule has 4 heteroatoms. The summed E-state index contributed by atoms with van der Waals surface area (Å²) in [6.45, 7) is 2.45. The first kappa shape index (κ1) is 11.6. The van der Waals surface area contributed by atoms with Gasteiger partial charge in [-0.25, -0.2) is 0 Å². The summed E-state index contributed by atoms with van der Waals surface area (Å²) in [5, 5.41) is 8.83. The summed E-state index contributed by atoms with van der Waals surface area (Å²) >= 11 is 0. The Morgan fingerprint density at radius 2 is 1.94 bits per heavy atom. The highest BCUT2D eigenvalue weighted by Gasteiger charge is 2.49. The summed E-state index contributed by atoms with van der Waals surface area (Å²) in [7, 11) is 0. The third kappa shape index (κ3) is 2.30. The van der Waals surface area contributed by atoms with E-state index in [0.29, 0.717) is 13.0 Å². The fourth-order valence-corrected chi connectivity index (χ4v) is 2.01. The lowest BCUT2D eigenvalue weighted by molar-refractivity contribution is -0.140. The third-order valence-corrected chi connectivity index (χ3v) is 3.07. The van der Waals surface area contributed by atoms with Crippen molar-refractivity contribution in [3.63, 3.8) is 0 Å². The first-order valence-electron chi connectivity index (χ1n) is 5.74. The molecular weight excluding hydrogens is 218 g/mol. The number of anilines is 1. The van der Waals surface area contributed by atoms with Crippen molar-refractivity contribution >= 4 is 17.6 Å². The first-order chi connectivity index (χ1) is 8.15. The van der Waals surface area contributed by atoms with E-state index in [0.717, 1.165) is 5.69 Å². The molecule has 1 aliphatic rings. The monoisotopic (exact) mass is 233 g/mol. The van der Waals surface area contributed by atoms with Crippen molar-refractivity contribution in [1.29, 1.82) is 0 Å². The Morgan fingerprint density at radius 1 is 1.29 bits per heavy atom. The summed E-state index contributed by atoms with van der Waals surface area (Å²) in [6, 6.07) is 9.35. The molecule has 4 nitrogen and oxygen atoms in total. The van der Waals surface area contributed by atoms with E-state index in [1.165, 1.54) is 0 Å². The van der Waals surface area contributed by atoms with Gasteiger partial charge in [0.05, 0.1) is 11.8 Å². The van der Waals surface area contributed by atoms with Crippen molar-refractivity contribution in [3.05, 3.63) is 30.3 Å². The predicted octanol–water partition coefficient (Wildman–Crippen LogP) is 1.76. The second-order valence-corrected chi connectivity index (χ2v) is 4.20. The van der Waals surface area contributed by atoms with E-state index in [9.17, 15) is 9.59 Å². The largest absolute Gasteiger partial charge is 0.481 e. The lowest BCUT2D eigenvalue weighted by atomic mass is 10.2. The van der Waals surface area contributed by atoms with Crippen LogP contribution < -0.4 is 4.90 Å². The van der Waals surface area contributed by atoms with Crippen molar-refractivity contribution in [2.75, 3.05) is 11.4 Å². The Balaban J connectivity index is 2.10. The van der Waals surface area contributed by atoms with Gasteiger partial charge in [0.25, 0.3) is 0 Å². The van der Waals surface area contributed by atoms with E-state index >= 15 is 0 Å². The summed E-state index contributed by atoms with van der Waals surface area (Å²) in [5.41, 5.74) is 0.830. The molecule has 1 aliphatic carbocycles. The number of carbonyl (C=O) groups excluding carboxylic acids is 1. The van der Waals surface area contributed by atoms with Gasteiger partial charge >= 0.3 is 5.97 Å². The molecular formula is C13H15NO3. The van der Waals surface area contributed by atoms with Crippen LogP contribution in [-0.2, 0) is 9.59 Å². The van der Waals surface area contributed by atoms with Gasteiger partial charge in [0, 0.05) is 12.2 Å². The molecule has 90 valence electrons. The summed E-state index contributed by atoms with van der Waals surface area (Å²) < 4.78 is 0. The van der Waals surface area contributed by atoms with Crippen molar-refractivity contribution in [2.24, 2.45) is 11.8 Å². The number of carbonyl (C=O) groups is 2. The SMILES string of the molecule is CCN(C(=O)[C@H]1C[C@H]1C(=O)O)c1ccccc1. The second kappa shape index (κ2) is 4.57. The van der Waals surface area contributed by atoms with Crippen LogP contribution in [0.15, 0.2) is 30.3 Å². The first-order valence-corrected chi connectivity index (χ1v) is 5.74. The van der Waals surface area contributed by atoms with E-state index in [2.05, 4.69) is 0 Å². The maximum absolute atomic E-state index is 12.1. The van der Waals surface area contributed by atoms with Crippen LogP contribution in [0.5, 0.6) is 0 Å². The minimum Gasteiger partial charge on any atom is -0.481 e. The van der Waals surface area contributed by atoms with Crippen LogP contribution >= 0.6 is 0 Å². The van der Waals surface area contributed by atoms with E-state index in [-0.39, 0.29) is 11.8 Å². The van der Waals surface area contributed by atoms with E-state index in [1.807, 2.05) is 37.3 Å². The van der Waals surface area contributed by atoms with E-state index in [4.69, 9.17) is 5.11 Å². The van der Waals surface area contributed by atoms with Gasteiger partial charge in [-0.15, -0.1) is 0 Å². The zero-order valence-electron chi connectivity index (χ0n) is 9.67. The number of benzene rings is 1. The van der Waals surface area contributed by atoms with Gasteiger partial charge < -0.3 is 10.0 Å². The Labute approximate surface area is 99.9 Å². The third-order valence-electron chi connectivity index (χ3n) is 3.07. The number of rotatable bonds is 4. The zero-order chi connectivity index (χ0) is 12.4. The number of hydrogen-bond donors (Lipinski definition) is 1. The average Bonchev–Trinajstić information content (AvgIpc) is 3.11. The minimum absolute atomic E-state index is 0.0777. The Morgan fingerprint density at radius 3 is 2.41 bits per heavy atom. The van der Waals surface area contributed by atoms with Gasteiger partial charge in [-0.2, -0.15) is 0 Å². The highest BCUT2D eigenvalue weighted by Crippen LogP contribution is 2.40. The Bertz CT molecular complexity index is 430. The van der Waals surface area contributed by atoms with Crippen LogP contribution in [0.2, 0.25) is 0 Å². The highest BCUT2D eigenvalue weighted by atomic mass is 16.4. The number of amides is 1. The lowest BCUT2D eigenvalue weighted by Crippen LogP contribution is -2.32. The molecule has 1 N–H and O–H groups in total. The fourth-order valence-electron chi connectivity index (χ4n) is 2.01.